The average molecular weight is 289 g/mol. The first kappa shape index (κ1) is 12.6. The highest BCUT2D eigenvalue weighted by Crippen LogP contribution is 2.24. The second-order valence-electron chi connectivity index (χ2n) is 4.09. The summed E-state index contributed by atoms with van der Waals surface area (Å²) >= 11 is 6.01. The number of aromatic nitrogens is 3. The van der Waals surface area contributed by atoms with Crippen LogP contribution in [-0.2, 0) is 0 Å². The zero-order valence-corrected chi connectivity index (χ0v) is 11.2. The molecule has 2 aromatic heterocycles. The molecule has 0 fully saturated rings. The molecule has 7 heteroatoms. The lowest BCUT2D eigenvalue weighted by Crippen LogP contribution is -2.13. The molecule has 1 amide bonds. The molecule has 0 unspecified atom stereocenters. The second kappa shape index (κ2) is 4.90. The number of aryl methyl sites for hydroxylation is 1. The van der Waals surface area contributed by atoms with Crippen LogP contribution in [0.15, 0.2) is 34.9 Å². The molecule has 0 aliphatic rings. The lowest BCUT2D eigenvalue weighted by atomic mass is 10.1. The number of fused-ring (bicyclic) bond motifs is 1. The van der Waals surface area contributed by atoms with Crippen molar-refractivity contribution in [2.24, 2.45) is 0 Å². The van der Waals surface area contributed by atoms with Gasteiger partial charge in [-0.2, -0.15) is 0 Å². The molecule has 0 radical (unpaired) electrons. The summed E-state index contributed by atoms with van der Waals surface area (Å²) in [4.78, 5) is 16.2. The molecule has 0 atom stereocenters. The zero-order valence-electron chi connectivity index (χ0n) is 10.4. The average Bonchev–Trinajstić information content (AvgIpc) is 2.84. The summed E-state index contributed by atoms with van der Waals surface area (Å²) in [7, 11) is 0. The maximum absolute atomic E-state index is 12.2. The minimum atomic E-state index is -0.381. The third kappa shape index (κ3) is 2.21. The highest BCUT2D eigenvalue weighted by Gasteiger charge is 2.15. The van der Waals surface area contributed by atoms with Crippen molar-refractivity contribution in [3.8, 4) is 0 Å². The first-order valence-electron chi connectivity index (χ1n) is 5.80. The van der Waals surface area contributed by atoms with Crippen LogP contribution in [0.25, 0.3) is 10.8 Å². The number of benzene rings is 1. The Hall–Kier alpha value is -2.47. The predicted octanol–water partition coefficient (Wildman–Crippen LogP) is 2.83. The molecular formula is C13H9ClN4O2. The third-order valence-corrected chi connectivity index (χ3v) is 3.04. The van der Waals surface area contributed by atoms with Crippen LogP contribution in [0.4, 0.5) is 6.01 Å². The van der Waals surface area contributed by atoms with Gasteiger partial charge in [-0.1, -0.05) is 41.0 Å². The number of anilines is 1. The fourth-order valence-electron chi connectivity index (χ4n) is 1.85. The molecule has 3 aromatic rings. The van der Waals surface area contributed by atoms with Crippen molar-refractivity contribution in [1.82, 2.24) is 15.2 Å². The minimum absolute atomic E-state index is 0.0477. The Morgan fingerprint density at radius 1 is 1.25 bits per heavy atom. The largest absolute Gasteiger partial charge is 0.408 e. The Balaban J connectivity index is 2.01. The molecule has 0 bridgehead atoms. The maximum Gasteiger partial charge on any atom is 0.322 e. The summed E-state index contributed by atoms with van der Waals surface area (Å²) in [6.07, 6.45) is 1.42. The number of pyridine rings is 1. The zero-order chi connectivity index (χ0) is 14.1. The lowest BCUT2D eigenvalue weighted by Gasteiger charge is -2.06. The summed E-state index contributed by atoms with van der Waals surface area (Å²) in [6.45, 7) is 1.64. The van der Waals surface area contributed by atoms with E-state index in [0.717, 1.165) is 0 Å². The first-order chi connectivity index (χ1) is 9.65. The quantitative estimate of drug-likeness (QED) is 0.733. The summed E-state index contributed by atoms with van der Waals surface area (Å²) < 4.78 is 5.11. The standard InChI is InChI=1S/C13H9ClN4O2/c1-7-17-18-13(20-7)16-12(19)10-6-15-11(14)9-5-3-2-4-8(9)10/h2-6H,1H3,(H,16,18,19). The normalized spacial score (nSPS) is 10.7. The van der Waals surface area contributed by atoms with E-state index in [1.165, 1.54) is 6.20 Å². The van der Waals surface area contributed by atoms with E-state index in [2.05, 4.69) is 20.5 Å². The maximum atomic E-state index is 12.2. The number of nitrogens with one attached hydrogen (secondary N) is 1. The van der Waals surface area contributed by atoms with Crippen LogP contribution in [-0.4, -0.2) is 21.1 Å². The molecule has 2 heterocycles. The van der Waals surface area contributed by atoms with Crippen LogP contribution in [0.3, 0.4) is 0 Å². The molecule has 0 spiro atoms. The highest BCUT2D eigenvalue weighted by molar-refractivity contribution is 6.35. The number of carbonyl (C=O) groups excluding carboxylic acids is 1. The van der Waals surface area contributed by atoms with Crippen LogP contribution >= 0.6 is 11.6 Å². The molecule has 3 rings (SSSR count). The fourth-order valence-corrected chi connectivity index (χ4v) is 2.06. The van der Waals surface area contributed by atoms with E-state index >= 15 is 0 Å². The van der Waals surface area contributed by atoms with E-state index in [9.17, 15) is 4.79 Å². The van der Waals surface area contributed by atoms with Gasteiger partial charge < -0.3 is 4.42 Å². The number of nitrogens with zero attached hydrogens (tertiary/aromatic N) is 3. The molecule has 1 aromatic carbocycles. The van der Waals surface area contributed by atoms with E-state index in [4.69, 9.17) is 16.0 Å². The van der Waals surface area contributed by atoms with Crippen molar-refractivity contribution >= 4 is 34.3 Å². The summed E-state index contributed by atoms with van der Waals surface area (Å²) in [5.41, 5.74) is 0.390. The van der Waals surface area contributed by atoms with Gasteiger partial charge in [0.15, 0.2) is 0 Å². The number of amides is 1. The summed E-state index contributed by atoms with van der Waals surface area (Å²) in [6, 6.07) is 7.31. The minimum Gasteiger partial charge on any atom is -0.408 e. The number of halogens is 1. The van der Waals surface area contributed by atoms with Gasteiger partial charge in [-0.15, -0.1) is 5.10 Å². The second-order valence-corrected chi connectivity index (χ2v) is 4.45. The van der Waals surface area contributed by atoms with Crippen LogP contribution in [0.5, 0.6) is 0 Å². The van der Waals surface area contributed by atoms with E-state index in [-0.39, 0.29) is 11.9 Å². The van der Waals surface area contributed by atoms with Crippen molar-refractivity contribution in [2.45, 2.75) is 6.92 Å². The van der Waals surface area contributed by atoms with Gasteiger partial charge in [0.05, 0.1) is 5.56 Å². The summed E-state index contributed by atoms with van der Waals surface area (Å²) in [5, 5.41) is 11.7. The Labute approximate surface area is 118 Å². The molecule has 0 saturated carbocycles. The molecular weight excluding hydrogens is 280 g/mol. The Morgan fingerprint density at radius 3 is 2.70 bits per heavy atom. The highest BCUT2D eigenvalue weighted by atomic mass is 35.5. The Bertz CT molecular complexity index is 800. The monoisotopic (exact) mass is 288 g/mol. The van der Waals surface area contributed by atoms with Gasteiger partial charge in [0.2, 0.25) is 5.89 Å². The van der Waals surface area contributed by atoms with Gasteiger partial charge in [0, 0.05) is 18.5 Å². The van der Waals surface area contributed by atoms with Gasteiger partial charge in [-0.3, -0.25) is 10.1 Å². The van der Waals surface area contributed by atoms with E-state index in [1.54, 1.807) is 19.1 Å². The molecule has 100 valence electrons. The number of hydrogen-bond acceptors (Lipinski definition) is 5. The molecule has 0 saturated heterocycles. The third-order valence-electron chi connectivity index (χ3n) is 2.74. The van der Waals surface area contributed by atoms with Gasteiger partial charge in [0.25, 0.3) is 5.91 Å². The van der Waals surface area contributed by atoms with Gasteiger partial charge in [-0.05, 0) is 5.39 Å². The lowest BCUT2D eigenvalue weighted by molar-refractivity contribution is 0.102. The number of hydrogen-bond donors (Lipinski definition) is 1. The Morgan fingerprint density at radius 2 is 2.00 bits per heavy atom. The number of rotatable bonds is 2. The van der Waals surface area contributed by atoms with Crippen LogP contribution < -0.4 is 5.32 Å². The topological polar surface area (TPSA) is 80.9 Å². The smallest absolute Gasteiger partial charge is 0.322 e. The number of carbonyl (C=O) groups is 1. The van der Waals surface area contributed by atoms with Gasteiger partial charge in [0.1, 0.15) is 5.15 Å². The van der Waals surface area contributed by atoms with Crippen molar-refractivity contribution < 1.29 is 9.21 Å². The van der Waals surface area contributed by atoms with Gasteiger partial charge >= 0.3 is 6.01 Å². The SMILES string of the molecule is Cc1nnc(NC(=O)c2cnc(Cl)c3ccccc23)o1. The van der Waals surface area contributed by atoms with E-state index in [0.29, 0.717) is 27.4 Å². The Kier molecular flexibility index (Phi) is 3.08. The van der Waals surface area contributed by atoms with Gasteiger partial charge in [-0.25, -0.2) is 4.98 Å². The van der Waals surface area contributed by atoms with E-state index < -0.39 is 0 Å². The molecule has 20 heavy (non-hydrogen) atoms. The first-order valence-corrected chi connectivity index (χ1v) is 6.17. The molecule has 0 aliphatic heterocycles. The van der Waals surface area contributed by atoms with Crippen LogP contribution in [0.2, 0.25) is 5.15 Å². The molecule has 1 N–H and O–H groups in total. The molecule has 0 aliphatic carbocycles. The van der Waals surface area contributed by atoms with Crippen molar-refractivity contribution in [3.63, 3.8) is 0 Å². The predicted molar refractivity (Wildman–Crippen MR) is 73.7 cm³/mol. The van der Waals surface area contributed by atoms with Crippen molar-refractivity contribution in [3.05, 3.63) is 47.1 Å². The summed E-state index contributed by atoms with van der Waals surface area (Å²) in [5.74, 6) is -0.00611. The van der Waals surface area contributed by atoms with Crippen molar-refractivity contribution in [1.29, 1.82) is 0 Å². The fraction of sp³-hybridized carbons (Fsp3) is 0.0769. The van der Waals surface area contributed by atoms with E-state index in [1.807, 2.05) is 12.1 Å². The van der Waals surface area contributed by atoms with Crippen LogP contribution in [0.1, 0.15) is 16.2 Å². The molecule has 6 nitrogen and oxygen atoms in total. The van der Waals surface area contributed by atoms with Crippen LogP contribution in [0, 0.1) is 6.92 Å². The van der Waals surface area contributed by atoms with Crippen molar-refractivity contribution in [2.75, 3.05) is 5.32 Å².